The van der Waals surface area contributed by atoms with E-state index in [1.165, 1.54) is 28.5 Å². The number of unbranched alkanes of at least 4 members (excludes halogenated alkanes) is 6. The molecule has 2 saturated carbocycles. The minimum absolute atomic E-state index is 0.136. The monoisotopic (exact) mass is 1200 g/mol. The molecule has 1 amide bonds. The molecule has 0 N–H and O–H groups in total. The van der Waals surface area contributed by atoms with Crippen LogP contribution in [0.4, 0.5) is 5.13 Å². The first-order valence-corrected chi connectivity index (χ1v) is 31.2. The van der Waals surface area contributed by atoms with Crippen molar-refractivity contribution >= 4 is 62.7 Å². The Morgan fingerprint density at radius 1 is 0.570 bits per heavy atom. The lowest BCUT2D eigenvalue weighted by Crippen LogP contribution is -2.28. The molecule has 2 aliphatic carbocycles. The van der Waals surface area contributed by atoms with Crippen LogP contribution in [-0.2, 0) is 42.9 Å². The van der Waals surface area contributed by atoms with Crippen molar-refractivity contribution in [2.24, 2.45) is 28.8 Å². The zero-order valence-corrected chi connectivity index (χ0v) is 50.0. The second kappa shape index (κ2) is 35.1. The van der Waals surface area contributed by atoms with Crippen molar-refractivity contribution in [3.05, 3.63) is 122 Å². The van der Waals surface area contributed by atoms with E-state index in [1.54, 1.807) is 54.7 Å². The van der Waals surface area contributed by atoms with Gasteiger partial charge in [0.05, 0.1) is 81.1 Å². The van der Waals surface area contributed by atoms with Gasteiger partial charge in [-0.3, -0.25) is 14.4 Å². The Hall–Kier alpha value is -7.61. The summed E-state index contributed by atoms with van der Waals surface area (Å²) in [5, 5.41) is 6.62. The highest BCUT2D eigenvalue weighted by atomic mass is 32.1. The molecule has 18 nitrogen and oxygen atoms in total. The average molecular weight is 1200 g/mol. The van der Waals surface area contributed by atoms with E-state index in [-0.39, 0.29) is 54.0 Å². The second-order valence-electron chi connectivity index (χ2n) is 21.9. The van der Waals surface area contributed by atoms with E-state index < -0.39 is 11.9 Å². The number of fused-ring (bicyclic) bond motifs is 1. The molecule has 2 heterocycles. The molecule has 1 aromatic heterocycles. The largest absolute Gasteiger partial charge is 0.494 e. The van der Waals surface area contributed by atoms with Crippen LogP contribution in [0.15, 0.2) is 121 Å². The van der Waals surface area contributed by atoms with E-state index in [2.05, 4.69) is 13.2 Å². The molecule has 1 aliphatic heterocycles. The van der Waals surface area contributed by atoms with Crippen LogP contribution in [0.1, 0.15) is 121 Å². The van der Waals surface area contributed by atoms with Crippen molar-refractivity contribution < 1.29 is 71.3 Å². The number of rotatable bonds is 37. The number of anilines is 1. The summed E-state index contributed by atoms with van der Waals surface area (Å²) in [6.45, 7) is 11.2. The van der Waals surface area contributed by atoms with Crippen LogP contribution in [-0.4, -0.2) is 107 Å². The quantitative estimate of drug-likeness (QED) is 0.00688. The lowest BCUT2D eigenvalue weighted by Gasteiger charge is -2.28. The van der Waals surface area contributed by atoms with Gasteiger partial charge in [0.15, 0.2) is 0 Å². The van der Waals surface area contributed by atoms with E-state index in [0.29, 0.717) is 137 Å². The average Bonchev–Trinajstić information content (AvgIpc) is 4.44. The molecule has 5 aromatic rings. The Morgan fingerprint density at radius 3 is 1.62 bits per heavy atom. The molecule has 1 atom stereocenters. The summed E-state index contributed by atoms with van der Waals surface area (Å²) in [5.41, 5.74) is 1.38. The van der Waals surface area contributed by atoms with Crippen LogP contribution in [0, 0.1) is 23.7 Å². The number of thiazole rings is 1. The van der Waals surface area contributed by atoms with Crippen molar-refractivity contribution in [2.75, 3.05) is 64.5 Å². The molecular weight excluding hydrogens is 1120 g/mol. The van der Waals surface area contributed by atoms with Crippen LogP contribution < -0.4 is 33.4 Å². The number of nitrogens with zero attached hydrogens (tertiary/aromatic N) is 3. The van der Waals surface area contributed by atoms with E-state index in [1.807, 2.05) is 42.5 Å². The number of carbonyl (C=O) groups excluding carboxylic acids is 5. The van der Waals surface area contributed by atoms with E-state index >= 15 is 0 Å². The van der Waals surface area contributed by atoms with Gasteiger partial charge in [-0.25, -0.2) is 14.6 Å². The van der Waals surface area contributed by atoms with Crippen LogP contribution in [0.2, 0.25) is 0 Å². The molecule has 460 valence electrons. The summed E-state index contributed by atoms with van der Waals surface area (Å²) in [6, 6.07) is 27.6. The molecule has 8 rings (SSSR count). The zero-order valence-electron chi connectivity index (χ0n) is 49.2. The predicted octanol–water partition coefficient (Wildman–Crippen LogP) is 12.8. The van der Waals surface area contributed by atoms with Crippen LogP contribution in [0.5, 0.6) is 34.5 Å². The molecule has 3 fully saturated rings. The van der Waals surface area contributed by atoms with Gasteiger partial charge in [-0.05, 0) is 200 Å². The third-order valence-corrected chi connectivity index (χ3v) is 16.2. The van der Waals surface area contributed by atoms with Gasteiger partial charge in [-0.15, -0.1) is 0 Å². The second-order valence-corrected chi connectivity index (χ2v) is 22.9. The molecule has 1 saturated heterocycles. The van der Waals surface area contributed by atoms with E-state index in [9.17, 15) is 24.0 Å². The highest BCUT2D eigenvalue weighted by molar-refractivity contribution is 7.22. The number of benzene rings is 4. The summed E-state index contributed by atoms with van der Waals surface area (Å²) in [5.74, 6) is 1.97. The van der Waals surface area contributed by atoms with Crippen LogP contribution in [0.25, 0.3) is 10.2 Å². The van der Waals surface area contributed by atoms with Gasteiger partial charge < -0.3 is 47.4 Å². The number of epoxide rings is 1. The van der Waals surface area contributed by atoms with Gasteiger partial charge in [0.2, 0.25) is 11.0 Å². The molecule has 1 unspecified atom stereocenters. The maximum absolute atomic E-state index is 14.0. The maximum Gasteiger partial charge on any atom is 0.330 e. The number of hydrogen-bond acceptors (Lipinski definition) is 18. The Kier molecular flexibility index (Phi) is 26.3. The number of hydrazone groups is 1. The number of ether oxygens (including phenoxy) is 10. The van der Waals surface area contributed by atoms with Crippen molar-refractivity contribution in [1.82, 2.24) is 4.98 Å². The standard InChI is InChI=1S/C67H81N3O15S/c1-3-63(72)79-40-13-7-5-11-38-77-53-27-31-55(32-28-53)84-65(74)50-23-19-48(20-24-50)44-81-57-35-36-60(52(42-57)43-68-70(62(71)18-15-37-76-46-58-47-82-58)67-69-59-16-9-10-17-61(59)86-67)83-45-49-21-25-51(26-22-49)66(75)85-56-33-29-54(30-34-56)78-39-12-6-8-14-41-80-64(73)4-2/h3-4,9-10,16-17,27-36,42-43,48-51,58H,1-2,5-8,11-15,18-26,37-41,44-47H2/b68-43+. The molecule has 0 bridgehead atoms. The lowest BCUT2D eigenvalue weighted by atomic mass is 9.82. The number of carbonyl (C=O) groups is 5. The van der Waals surface area contributed by atoms with Gasteiger partial charge in [-0.1, -0.05) is 36.6 Å². The minimum atomic E-state index is -0.403. The summed E-state index contributed by atoms with van der Waals surface area (Å²) < 4.78 is 58.4. The van der Waals surface area contributed by atoms with E-state index in [4.69, 9.17) is 57.5 Å². The number of para-hydroxylation sites is 1. The summed E-state index contributed by atoms with van der Waals surface area (Å²) in [7, 11) is 0. The first kappa shape index (κ1) is 64.4. The van der Waals surface area contributed by atoms with E-state index in [0.717, 1.165) is 87.3 Å². The third-order valence-electron chi connectivity index (χ3n) is 15.2. The Labute approximate surface area is 508 Å². The molecule has 0 spiro atoms. The fraction of sp³-hybridized carbons (Fsp3) is 0.478. The van der Waals surface area contributed by atoms with Crippen LogP contribution in [0.3, 0.4) is 0 Å². The molecule has 86 heavy (non-hydrogen) atoms. The molecular formula is C67H81N3O15S. The summed E-state index contributed by atoms with van der Waals surface area (Å²) in [6.07, 6.45) is 17.7. The zero-order chi connectivity index (χ0) is 60.1. The van der Waals surface area contributed by atoms with Gasteiger partial charge >= 0.3 is 23.9 Å². The summed E-state index contributed by atoms with van der Waals surface area (Å²) in [4.78, 5) is 67.8. The molecule has 0 radical (unpaired) electrons. The fourth-order valence-electron chi connectivity index (χ4n) is 10.1. The minimum Gasteiger partial charge on any atom is -0.494 e. The van der Waals surface area contributed by atoms with Crippen molar-refractivity contribution in [2.45, 2.75) is 122 Å². The lowest BCUT2D eigenvalue weighted by molar-refractivity contribution is -0.141. The smallest absolute Gasteiger partial charge is 0.330 e. The van der Waals surface area contributed by atoms with Gasteiger partial charge in [0, 0.05) is 30.7 Å². The SMILES string of the molecule is C=CC(=O)OCCCCCCOc1ccc(OC(=O)C2CCC(COc3ccc(OCC4CCC(C(=O)Oc5ccc(OCCCCCCOC(=O)C=C)cc5)CC4)c(/C=N/N(C(=O)CCCOCC4CO4)c4nc5ccccc5s4)c3)CC2)cc1. The third kappa shape index (κ3) is 22.0. The Bertz CT molecular complexity index is 2950. The highest BCUT2D eigenvalue weighted by Gasteiger charge is 2.30. The van der Waals surface area contributed by atoms with Crippen molar-refractivity contribution in [3.8, 4) is 34.5 Å². The normalized spacial score (nSPS) is 18.1. The first-order chi connectivity index (χ1) is 42.1. The van der Waals surface area contributed by atoms with Crippen molar-refractivity contribution in [1.29, 1.82) is 0 Å². The Balaban J connectivity index is 0.823. The number of esters is 4. The maximum atomic E-state index is 14.0. The number of hydrogen-bond donors (Lipinski definition) is 0. The number of aromatic nitrogens is 1. The highest BCUT2D eigenvalue weighted by Crippen LogP contribution is 2.35. The molecule has 19 heteroatoms. The Morgan fingerprint density at radius 2 is 1.08 bits per heavy atom. The van der Waals surface area contributed by atoms with Crippen LogP contribution >= 0.6 is 11.3 Å². The predicted molar refractivity (Wildman–Crippen MR) is 327 cm³/mol. The van der Waals surface area contributed by atoms with Gasteiger partial charge in [-0.2, -0.15) is 10.1 Å². The number of amides is 1. The van der Waals surface area contributed by atoms with Gasteiger partial charge in [0.25, 0.3) is 0 Å². The van der Waals surface area contributed by atoms with Gasteiger partial charge in [0.1, 0.15) is 40.6 Å². The first-order valence-electron chi connectivity index (χ1n) is 30.4. The molecule has 4 aromatic carbocycles. The molecule has 3 aliphatic rings. The summed E-state index contributed by atoms with van der Waals surface area (Å²) >= 11 is 1.39. The van der Waals surface area contributed by atoms with Crippen molar-refractivity contribution in [3.63, 3.8) is 0 Å². The fourth-order valence-corrected chi connectivity index (χ4v) is 11.0. The topological polar surface area (TPSA) is 209 Å².